The monoisotopic (exact) mass is 459 g/mol. The molecule has 4 fully saturated rings. The van der Waals surface area contributed by atoms with Gasteiger partial charge in [-0.15, -0.1) is 0 Å². The molecule has 5 rings (SSSR count). The van der Waals surface area contributed by atoms with Crippen molar-refractivity contribution in [2.75, 3.05) is 7.05 Å². The summed E-state index contributed by atoms with van der Waals surface area (Å²) in [7, 11) is 1.60. The van der Waals surface area contributed by atoms with Crippen LogP contribution in [0.5, 0.6) is 0 Å². The van der Waals surface area contributed by atoms with Gasteiger partial charge in [0.1, 0.15) is 0 Å². The van der Waals surface area contributed by atoms with Gasteiger partial charge in [-0.1, -0.05) is 13.8 Å². The lowest BCUT2D eigenvalue weighted by Gasteiger charge is -2.66. The molecule has 4 saturated carbocycles. The number of fused-ring (bicyclic) bond motifs is 5. The van der Waals surface area contributed by atoms with E-state index >= 15 is 0 Å². The number of hydrogen-bond acceptors (Lipinski definition) is 5. The molecule has 3 N–H and O–H groups in total. The molecule has 8 atom stereocenters. The van der Waals surface area contributed by atoms with Crippen molar-refractivity contribution >= 4 is 6.09 Å². The third kappa shape index (κ3) is 3.00. The van der Waals surface area contributed by atoms with Gasteiger partial charge in [0.25, 0.3) is 0 Å². The predicted molar refractivity (Wildman–Crippen MR) is 122 cm³/mol. The molecule has 182 valence electrons. The second-order valence-electron chi connectivity index (χ2n) is 11.9. The summed E-state index contributed by atoms with van der Waals surface area (Å²) >= 11 is 0. The molecule has 0 spiro atoms. The molecule has 0 bridgehead atoms. The average molecular weight is 460 g/mol. The number of rotatable bonds is 2. The van der Waals surface area contributed by atoms with Crippen LogP contribution in [0.1, 0.15) is 83.1 Å². The fourth-order valence-corrected chi connectivity index (χ4v) is 8.79. The molecule has 1 aromatic rings. The summed E-state index contributed by atoms with van der Waals surface area (Å²) in [5, 5.41) is 33.6. The first-order chi connectivity index (χ1) is 15.5. The van der Waals surface area contributed by atoms with E-state index < -0.39 is 17.3 Å². The smallest absolute Gasteiger partial charge is 0.407 e. The maximum Gasteiger partial charge on any atom is 0.407 e. The number of carbonyl (C=O) groups is 1. The molecule has 33 heavy (non-hydrogen) atoms. The van der Waals surface area contributed by atoms with E-state index in [0.29, 0.717) is 19.3 Å². The molecule has 7 nitrogen and oxygen atoms in total. The van der Waals surface area contributed by atoms with Gasteiger partial charge in [-0.25, -0.2) is 9.59 Å². The molecule has 4 aliphatic carbocycles. The maximum atomic E-state index is 12.3. The van der Waals surface area contributed by atoms with Crippen LogP contribution in [-0.2, 0) is 0 Å². The summed E-state index contributed by atoms with van der Waals surface area (Å²) < 4.78 is 5.17. The van der Waals surface area contributed by atoms with Crippen LogP contribution in [-0.4, -0.2) is 50.6 Å². The van der Waals surface area contributed by atoms with Gasteiger partial charge in [0.05, 0.1) is 17.5 Å². The SMILES string of the molecule is CN(C(=O)O)[C@H]1CC[C@]2(C)[C@H]3CC[C@]4(C)[C@@H](c5ccc(=O)oc5)CC[C@]4(O)[C@@H]3CC[C@]2(O)C1. The molecule has 4 aliphatic rings. The van der Waals surface area contributed by atoms with Gasteiger partial charge in [0.2, 0.25) is 0 Å². The topological polar surface area (TPSA) is 111 Å². The molecule has 7 heteroatoms. The fourth-order valence-electron chi connectivity index (χ4n) is 8.79. The van der Waals surface area contributed by atoms with Crippen molar-refractivity contribution in [3.8, 4) is 0 Å². The third-order valence-electron chi connectivity index (χ3n) is 10.9. The molecule has 0 saturated heterocycles. The van der Waals surface area contributed by atoms with E-state index in [4.69, 9.17) is 4.42 Å². The molecule has 0 aliphatic heterocycles. The second kappa shape index (κ2) is 7.32. The van der Waals surface area contributed by atoms with Crippen LogP contribution in [0, 0.1) is 22.7 Å². The van der Waals surface area contributed by atoms with Crippen LogP contribution in [0.15, 0.2) is 27.6 Å². The van der Waals surface area contributed by atoms with Gasteiger partial charge < -0.3 is 24.6 Å². The minimum absolute atomic E-state index is 0.107. The van der Waals surface area contributed by atoms with E-state index in [-0.39, 0.29) is 40.3 Å². The lowest BCUT2D eigenvalue weighted by atomic mass is 9.41. The number of nitrogens with zero attached hydrogens (tertiary/aromatic N) is 1. The third-order valence-corrected chi connectivity index (χ3v) is 10.9. The first-order valence-corrected chi connectivity index (χ1v) is 12.4. The summed E-state index contributed by atoms with van der Waals surface area (Å²) in [5.74, 6) is 0.454. The van der Waals surface area contributed by atoms with Crippen molar-refractivity contribution in [2.45, 2.75) is 94.8 Å². The Morgan fingerprint density at radius 3 is 2.36 bits per heavy atom. The van der Waals surface area contributed by atoms with Crippen LogP contribution in [0.4, 0.5) is 4.79 Å². The number of amides is 1. The summed E-state index contributed by atoms with van der Waals surface area (Å²) in [5.41, 5.74) is -1.74. The fraction of sp³-hybridized carbons (Fsp3) is 0.769. The molecule has 0 radical (unpaired) electrons. The minimum atomic E-state index is -0.947. The second-order valence-corrected chi connectivity index (χ2v) is 11.9. The van der Waals surface area contributed by atoms with Gasteiger partial charge in [-0.05, 0) is 92.6 Å². The number of aliphatic hydroxyl groups is 2. The highest BCUT2D eigenvalue weighted by molar-refractivity contribution is 5.65. The molecular weight excluding hydrogens is 422 g/mol. The maximum absolute atomic E-state index is 12.3. The van der Waals surface area contributed by atoms with E-state index in [0.717, 1.165) is 44.1 Å². The van der Waals surface area contributed by atoms with Gasteiger partial charge in [-0.2, -0.15) is 0 Å². The molecule has 0 aromatic carbocycles. The quantitative estimate of drug-likeness (QED) is 0.617. The summed E-state index contributed by atoms with van der Waals surface area (Å²) in [4.78, 5) is 24.4. The summed E-state index contributed by atoms with van der Waals surface area (Å²) in [6.45, 7) is 4.39. The van der Waals surface area contributed by atoms with Crippen LogP contribution in [0.2, 0.25) is 0 Å². The van der Waals surface area contributed by atoms with E-state index in [9.17, 15) is 24.9 Å². The zero-order chi connectivity index (χ0) is 23.8. The molecular formula is C26H37NO6. The lowest BCUT2D eigenvalue weighted by molar-refractivity contribution is -0.249. The standard InChI is InChI=1S/C26H37NO6/c1-23-10-6-17(27(3)22(29)30)14-25(23,31)12-8-20-19(23)7-11-24(2)18(9-13-26(20,24)32)16-4-5-21(28)33-15-16/h4-5,15,17-20,31-32H,6-14H2,1-3H3,(H,29,30)/t17-,18+,19-,20+,23+,24+,25-,26-/m0/s1. The van der Waals surface area contributed by atoms with Crippen molar-refractivity contribution in [2.24, 2.45) is 22.7 Å². The van der Waals surface area contributed by atoms with Crippen LogP contribution in [0.25, 0.3) is 0 Å². The van der Waals surface area contributed by atoms with E-state index in [2.05, 4.69) is 13.8 Å². The van der Waals surface area contributed by atoms with Crippen molar-refractivity contribution in [1.29, 1.82) is 0 Å². The van der Waals surface area contributed by atoms with Crippen LogP contribution in [0.3, 0.4) is 0 Å². The van der Waals surface area contributed by atoms with Crippen molar-refractivity contribution < 1.29 is 24.5 Å². The summed E-state index contributed by atoms with van der Waals surface area (Å²) in [6.07, 6.45) is 7.32. The first kappa shape index (κ1) is 22.9. The normalized spacial score (nSPS) is 46.7. The zero-order valence-corrected chi connectivity index (χ0v) is 19.9. The highest BCUT2D eigenvalue weighted by Gasteiger charge is 2.70. The minimum Gasteiger partial charge on any atom is -0.465 e. The van der Waals surface area contributed by atoms with Crippen molar-refractivity contribution in [3.63, 3.8) is 0 Å². The van der Waals surface area contributed by atoms with E-state index in [1.807, 2.05) is 6.07 Å². The van der Waals surface area contributed by atoms with E-state index in [1.54, 1.807) is 13.3 Å². The summed E-state index contributed by atoms with van der Waals surface area (Å²) in [6, 6.07) is 3.15. The van der Waals surface area contributed by atoms with Gasteiger partial charge >= 0.3 is 11.7 Å². The van der Waals surface area contributed by atoms with Crippen LogP contribution < -0.4 is 5.63 Å². The Balaban J connectivity index is 1.44. The Hall–Kier alpha value is -1.86. The molecule has 1 amide bonds. The Labute approximate surface area is 194 Å². The Kier molecular flexibility index (Phi) is 5.08. The lowest BCUT2D eigenvalue weighted by Crippen LogP contribution is -2.68. The highest BCUT2D eigenvalue weighted by atomic mass is 16.4. The predicted octanol–water partition coefficient (Wildman–Crippen LogP) is 3.97. The van der Waals surface area contributed by atoms with Gasteiger partial charge in [-0.3, -0.25) is 0 Å². The van der Waals surface area contributed by atoms with Gasteiger partial charge in [0.15, 0.2) is 0 Å². The number of hydrogen-bond donors (Lipinski definition) is 3. The number of carboxylic acid groups (broad SMARTS) is 1. The molecule has 0 unspecified atom stereocenters. The average Bonchev–Trinajstić information content (AvgIpc) is 3.05. The Morgan fingerprint density at radius 2 is 1.70 bits per heavy atom. The molecule has 1 aromatic heterocycles. The van der Waals surface area contributed by atoms with Gasteiger partial charge in [0, 0.05) is 24.6 Å². The highest BCUT2D eigenvalue weighted by Crippen LogP contribution is 2.71. The Morgan fingerprint density at radius 1 is 1.00 bits per heavy atom. The largest absolute Gasteiger partial charge is 0.465 e. The van der Waals surface area contributed by atoms with Crippen molar-refractivity contribution in [3.05, 3.63) is 34.4 Å². The van der Waals surface area contributed by atoms with E-state index in [1.165, 1.54) is 11.0 Å². The first-order valence-electron chi connectivity index (χ1n) is 12.4. The molecule has 1 heterocycles. The van der Waals surface area contributed by atoms with Crippen LogP contribution >= 0.6 is 0 Å². The zero-order valence-electron chi connectivity index (χ0n) is 19.9. The Bertz CT molecular complexity index is 988. The van der Waals surface area contributed by atoms with Crippen molar-refractivity contribution in [1.82, 2.24) is 4.90 Å².